The maximum absolute atomic E-state index is 12.8. The number of hydrogen-bond donors (Lipinski definition) is 1. The van der Waals surface area contributed by atoms with E-state index in [1.54, 1.807) is 47.2 Å². The molecular weight excluding hydrogens is 396 g/mol. The molecule has 31 heavy (non-hydrogen) atoms. The number of nitrogens with one attached hydrogen (secondary N) is 1. The van der Waals surface area contributed by atoms with Crippen LogP contribution in [0.5, 0.6) is 0 Å². The molecule has 0 aliphatic heterocycles. The number of carbonyl (C=O) groups excluding carboxylic acids is 1. The van der Waals surface area contributed by atoms with E-state index in [-0.39, 0.29) is 24.9 Å². The third-order valence-electron chi connectivity index (χ3n) is 5.49. The van der Waals surface area contributed by atoms with Gasteiger partial charge in [0.1, 0.15) is 12.7 Å². The van der Waals surface area contributed by atoms with Crippen molar-refractivity contribution in [3.63, 3.8) is 0 Å². The Hall–Kier alpha value is -4.01. The zero-order chi connectivity index (χ0) is 22.0. The van der Waals surface area contributed by atoms with E-state index in [4.69, 9.17) is 0 Å². The van der Waals surface area contributed by atoms with Gasteiger partial charge in [0, 0.05) is 20.0 Å². The van der Waals surface area contributed by atoms with Gasteiger partial charge >= 0.3 is 5.69 Å². The van der Waals surface area contributed by atoms with Gasteiger partial charge in [-0.3, -0.25) is 19.1 Å². The first-order valence-corrected chi connectivity index (χ1v) is 9.88. The third kappa shape index (κ3) is 4.02. The highest BCUT2D eigenvalue weighted by atomic mass is 16.2. The zero-order valence-corrected chi connectivity index (χ0v) is 17.2. The fourth-order valence-electron chi connectivity index (χ4n) is 3.53. The van der Waals surface area contributed by atoms with Crippen LogP contribution >= 0.6 is 0 Å². The smallest absolute Gasteiger partial charge is 0.328 e. The van der Waals surface area contributed by atoms with E-state index in [0.717, 1.165) is 11.3 Å². The minimum atomic E-state index is -0.518. The normalized spacial score (nSPS) is 12.1. The quantitative estimate of drug-likeness (QED) is 0.515. The lowest BCUT2D eigenvalue weighted by atomic mass is 10.1. The first kappa shape index (κ1) is 20.3. The molecule has 0 saturated carbocycles. The molecule has 1 N–H and O–H groups in total. The molecule has 0 unspecified atom stereocenters. The van der Waals surface area contributed by atoms with Crippen LogP contribution in [-0.4, -0.2) is 42.2 Å². The SMILES string of the molecule is C[C@@H](c1ccc(-n2cncn2)cc1)N(C)C(=O)CCn1c(=O)[nH]c(=O)c2ccccc21. The minimum absolute atomic E-state index is 0.102. The highest BCUT2D eigenvalue weighted by Gasteiger charge is 2.18. The van der Waals surface area contributed by atoms with Crippen LogP contribution in [0.1, 0.15) is 24.9 Å². The first-order chi connectivity index (χ1) is 15.0. The summed E-state index contributed by atoms with van der Waals surface area (Å²) in [6.45, 7) is 2.13. The minimum Gasteiger partial charge on any atom is -0.339 e. The number of carbonyl (C=O) groups is 1. The molecule has 158 valence electrons. The molecule has 0 spiro atoms. The molecule has 0 aliphatic rings. The topological polar surface area (TPSA) is 106 Å². The number of rotatable bonds is 6. The number of para-hydroxylation sites is 1. The van der Waals surface area contributed by atoms with Crippen molar-refractivity contribution in [2.45, 2.75) is 25.9 Å². The van der Waals surface area contributed by atoms with Crippen LogP contribution in [0.15, 0.2) is 70.8 Å². The second-order valence-electron chi connectivity index (χ2n) is 7.29. The summed E-state index contributed by atoms with van der Waals surface area (Å²) in [5.41, 5.74) is 1.43. The van der Waals surface area contributed by atoms with Gasteiger partial charge < -0.3 is 4.90 Å². The first-order valence-electron chi connectivity index (χ1n) is 9.88. The molecule has 1 atom stereocenters. The lowest BCUT2D eigenvalue weighted by Crippen LogP contribution is -2.34. The number of hydrogen-bond acceptors (Lipinski definition) is 5. The van der Waals surface area contributed by atoms with Crippen LogP contribution in [0.3, 0.4) is 0 Å². The predicted octanol–water partition coefficient (Wildman–Crippen LogP) is 1.88. The Morgan fingerprint density at radius 1 is 1.13 bits per heavy atom. The monoisotopic (exact) mass is 418 g/mol. The number of fused-ring (bicyclic) bond motifs is 1. The molecule has 0 fully saturated rings. The average Bonchev–Trinajstić information content (AvgIpc) is 3.33. The van der Waals surface area contributed by atoms with Crippen molar-refractivity contribution in [3.05, 3.63) is 87.6 Å². The van der Waals surface area contributed by atoms with E-state index >= 15 is 0 Å². The molecule has 0 aliphatic carbocycles. The van der Waals surface area contributed by atoms with E-state index in [1.807, 2.05) is 31.2 Å². The lowest BCUT2D eigenvalue weighted by molar-refractivity contribution is -0.132. The summed E-state index contributed by atoms with van der Waals surface area (Å²) in [5, 5.41) is 4.52. The summed E-state index contributed by atoms with van der Waals surface area (Å²) in [7, 11) is 1.74. The van der Waals surface area contributed by atoms with Gasteiger partial charge in [0.25, 0.3) is 5.56 Å². The van der Waals surface area contributed by atoms with E-state index < -0.39 is 11.2 Å². The van der Waals surface area contributed by atoms with Crippen LogP contribution in [0.4, 0.5) is 0 Å². The number of aryl methyl sites for hydroxylation is 1. The number of aromatic amines is 1. The molecule has 2 aromatic heterocycles. The number of H-pyrrole nitrogens is 1. The average molecular weight is 418 g/mol. The maximum Gasteiger partial charge on any atom is 0.328 e. The Morgan fingerprint density at radius 2 is 1.87 bits per heavy atom. The van der Waals surface area contributed by atoms with Gasteiger partial charge in [-0.05, 0) is 36.8 Å². The van der Waals surface area contributed by atoms with E-state index in [9.17, 15) is 14.4 Å². The second kappa shape index (κ2) is 8.39. The second-order valence-corrected chi connectivity index (χ2v) is 7.29. The fraction of sp³-hybridized carbons (Fsp3) is 0.227. The Kier molecular flexibility index (Phi) is 5.48. The largest absolute Gasteiger partial charge is 0.339 e. The van der Waals surface area contributed by atoms with Gasteiger partial charge in [-0.1, -0.05) is 24.3 Å². The predicted molar refractivity (Wildman–Crippen MR) is 116 cm³/mol. The Labute approximate surface area is 177 Å². The van der Waals surface area contributed by atoms with Crippen molar-refractivity contribution < 1.29 is 4.79 Å². The van der Waals surface area contributed by atoms with Crippen molar-refractivity contribution in [1.82, 2.24) is 29.2 Å². The maximum atomic E-state index is 12.8. The van der Waals surface area contributed by atoms with E-state index in [2.05, 4.69) is 15.1 Å². The van der Waals surface area contributed by atoms with Crippen molar-refractivity contribution in [2.75, 3.05) is 7.05 Å². The van der Waals surface area contributed by atoms with E-state index in [0.29, 0.717) is 10.9 Å². The van der Waals surface area contributed by atoms with Gasteiger partial charge in [-0.2, -0.15) is 5.10 Å². The summed E-state index contributed by atoms with van der Waals surface area (Å²) >= 11 is 0. The van der Waals surface area contributed by atoms with Crippen LogP contribution in [0.25, 0.3) is 16.6 Å². The van der Waals surface area contributed by atoms with Crippen molar-refractivity contribution in [1.29, 1.82) is 0 Å². The molecule has 0 bridgehead atoms. The molecule has 4 aromatic rings. The van der Waals surface area contributed by atoms with Gasteiger partial charge in [0.2, 0.25) is 5.91 Å². The zero-order valence-electron chi connectivity index (χ0n) is 17.2. The molecule has 1 amide bonds. The standard InChI is InChI=1S/C22H22N6O3/c1-15(16-7-9-17(10-8-16)28-14-23-13-24-28)26(2)20(29)11-12-27-19-6-4-3-5-18(19)21(30)25-22(27)31/h3-10,13-15H,11-12H2,1-2H3,(H,25,30,31)/t15-/m0/s1. The summed E-state index contributed by atoms with van der Waals surface area (Å²) in [4.78, 5) is 45.0. The summed E-state index contributed by atoms with van der Waals surface area (Å²) in [5.74, 6) is -0.102. The molecular formula is C22H22N6O3. The van der Waals surface area contributed by atoms with Gasteiger partial charge in [0.05, 0.1) is 22.6 Å². The number of amides is 1. The van der Waals surface area contributed by atoms with Crippen LogP contribution in [-0.2, 0) is 11.3 Å². The summed E-state index contributed by atoms with van der Waals surface area (Å²) in [6.07, 6.45) is 3.23. The highest BCUT2D eigenvalue weighted by molar-refractivity contribution is 5.79. The molecule has 4 rings (SSSR count). The molecule has 0 saturated heterocycles. The molecule has 2 heterocycles. The molecule has 0 radical (unpaired) electrons. The summed E-state index contributed by atoms with van der Waals surface area (Å²) < 4.78 is 3.09. The molecule has 9 nitrogen and oxygen atoms in total. The van der Waals surface area contributed by atoms with Crippen molar-refractivity contribution in [2.24, 2.45) is 0 Å². The van der Waals surface area contributed by atoms with Gasteiger partial charge in [-0.25, -0.2) is 14.5 Å². The third-order valence-corrected chi connectivity index (χ3v) is 5.49. The Balaban J connectivity index is 1.47. The number of aromatic nitrogens is 5. The number of benzene rings is 2. The van der Waals surface area contributed by atoms with Gasteiger partial charge in [0.15, 0.2) is 0 Å². The van der Waals surface area contributed by atoms with Gasteiger partial charge in [-0.15, -0.1) is 0 Å². The fourth-order valence-corrected chi connectivity index (χ4v) is 3.53. The van der Waals surface area contributed by atoms with Crippen molar-refractivity contribution in [3.8, 4) is 5.69 Å². The highest BCUT2D eigenvalue weighted by Crippen LogP contribution is 2.21. The lowest BCUT2D eigenvalue weighted by Gasteiger charge is -2.26. The van der Waals surface area contributed by atoms with Crippen LogP contribution in [0, 0.1) is 0 Å². The van der Waals surface area contributed by atoms with Crippen molar-refractivity contribution >= 4 is 16.8 Å². The molecule has 9 heteroatoms. The van der Waals surface area contributed by atoms with Crippen LogP contribution in [0.2, 0.25) is 0 Å². The Morgan fingerprint density at radius 3 is 2.58 bits per heavy atom. The Bertz CT molecular complexity index is 1320. The molecule has 2 aromatic carbocycles. The summed E-state index contributed by atoms with van der Waals surface area (Å²) in [6, 6.07) is 14.5. The van der Waals surface area contributed by atoms with Crippen LogP contribution < -0.4 is 11.2 Å². The van der Waals surface area contributed by atoms with E-state index in [1.165, 1.54) is 10.9 Å². The number of nitrogens with zero attached hydrogens (tertiary/aromatic N) is 5.